The fourth-order valence-electron chi connectivity index (χ4n) is 2.71. The molecule has 0 aliphatic heterocycles. The minimum absolute atomic E-state index is 0.0183. The maximum absolute atomic E-state index is 12.4. The second-order valence-corrected chi connectivity index (χ2v) is 7.22. The van der Waals surface area contributed by atoms with E-state index < -0.39 is 10.8 Å². The third-order valence-electron chi connectivity index (χ3n) is 4.01. The Bertz CT molecular complexity index is 1110. The topological polar surface area (TPSA) is 132 Å². The van der Waals surface area contributed by atoms with Gasteiger partial charge in [-0.3, -0.25) is 24.3 Å². The largest absolute Gasteiger partial charge is 0.326 e. The number of amides is 2. The number of aryl methyl sites for hydroxylation is 1. The average molecular weight is 426 g/mol. The van der Waals surface area contributed by atoms with Gasteiger partial charge in [-0.1, -0.05) is 30.0 Å². The molecule has 11 heteroatoms. The highest BCUT2D eigenvalue weighted by Crippen LogP contribution is 2.28. The summed E-state index contributed by atoms with van der Waals surface area (Å²) in [5.74, 6) is -0.610. The zero-order valence-electron chi connectivity index (χ0n) is 16.2. The van der Waals surface area contributed by atoms with Gasteiger partial charge < -0.3 is 10.6 Å². The number of benzene rings is 2. The average Bonchev–Trinajstić information content (AvgIpc) is 3.16. The second-order valence-electron chi connectivity index (χ2n) is 6.28. The lowest BCUT2D eigenvalue weighted by Gasteiger charge is -2.10. The van der Waals surface area contributed by atoms with Crippen molar-refractivity contribution < 1.29 is 14.5 Å². The molecule has 0 saturated carbocycles. The molecule has 154 valence electrons. The molecule has 0 atom stereocenters. The maximum atomic E-state index is 12.4. The Labute approximate surface area is 175 Å². The van der Waals surface area contributed by atoms with E-state index in [-0.39, 0.29) is 23.0 Å². The lowest BCUT2D eigenvalue weighted by atomic mass is 10.1. The Balaban J connectivity index is 1.72. The number of nitrogens with one attached hydrogen (secondary N) is 2. The summed E-state index contributed by atoms with van der Waals surface area (Å²) in [7, 11) is 0. The zero-order chi connectivity index (χ0) is 21.7. The van der Waals surface area contributed by atoms with E-state index in [0.29, 0.717) is 22.1 Å². The first-order chi connectivity index (χ1) is 14.3. The SMILES string of the molecule is CC(=O)Nc1cccc(-n2cnnc2SCC(=O)Nc2c(C)cccc2[N+](=O)[O-])c1. The highest BCUT2D eigenvalue weighted by molar-refractivity contribution is 7.99. The van der Waals surface area contributed by atoms with Crippen molar-refractivity contribution in [3.8, 4) is 5.69 Å². The molecule has 2 N–H and O–H groups in total. The number of carbonyl (C=O) groups excluding carboxylic acids is 2. The van der Waals surface area contributed by atoms with Crippen LogP contribution in [0.25, 0.3) is 5.69 Å². The molecule has 0 unspecified atom stereocenters. The number of nitro benzene ring substituents is 1. The van der Waals surface area contributed by atoms with Gasteiger partial charge in [-0.15, -0.1) is 10.2 Å². The highest BCUT2D eigenvalue weighted by Gasteiger charge is 2.18. The number of nitrogens with zero attached hydrogens (tertiary/aromatic N) is 4. The van der Waals surface area contributed by atoms with Crippen molar-refractivity contribution in [2.45, 2.75) is 19.0 Å². The first-order valence-electron chi connectivity index (χ1n) is 8.80. The summed E-state index contributed by atoms with van der Waals surface area (Å²) in [5.41, 5.74) is 1.95. The lowest BCUT2D eigenvalue weighted by Crippen LogP contribution is -2.16. The van der Waals surface area contributed by atoms with Gasteiger partial charge in [-0.25, -0.2) is 0 Å². The lowest BCUT2D eigenvalue weighted by molar-refractivity contribution is -0.384. The summed E-state index contributed by atoms with van der Waals surface area (Å²) in [5, 5.41) is 24.9. The number of nitro groups is 1. The molecule has 0 saturated heterocycles. The van der Waals surface area contributed by atoms with Crippen molar-refractivity contribution in [2.75, 3.05) is 16.4 Å². The minimum atomic E-state index is -0.533. The first kappa shape index (κ1) is 21.0. The number of rotatable bonds is 7. The molecule has 0 aliphatic carbocycles. The molecule has 2 aromatic carbocycles. The van der Waals surface area contributed by atoms with Gasteiger partial charge in [0, 0.05) is 18.7 Å². The number of hydrogen-bond donors (Lipinski definition) is 2. The summed E-state index contributed by atoms with van der Waals surface area (Å²) >= 11 is 1.14. The van der Waals surface area contributed by atoms with E-state index in [1.54, 1.807) is 41.8 Å². The van der Waals surface area contributed by atoms with Gasteiger partial charge in [0.1, 0.15) is 12.0 Å². The molecule has 0 fully saturated rings. The number of carbonyl (C=O) groups is 2. The van der Waals surface area contributed by atoms with Crippen molar-refractivity contribution >= 4 is 40.6 Å². The number of aromatic nitrogens is 3. The van der Waals surface area contributed by atoms with E-state index in [9.17, 15) is 19.7 Å². The quantitative estimate of drug-likeness (QED) is 0.337. The number of anilines is 2. The molecule has 1 aromatic heterocycles. The van der Waals surface area contributed by atoms with E-state index in [2.05, 4.69) is 20.8 Å². The zero-order valence-corrected chi connectivity index (χ0v) is 17.0. The van der Waals surface area contributed by atoms with E-state index >= 15 is 0 Å². The predicted octanol–water partition coefficient (Wildman–Crippen LogP) is 3.17. The van der Waals surface area contributed by atoms with Crippen LogP contribution in [0.5, 0.6) is 0 Å². The van der Waals surface area contributed by atoms with Crippen LogP contribution < -0.4 is 10.6 Å². The Morgan fingerprint density at radius 1 is 1.20 bits per heavy atom. The van der Waals surface area contributed by atoms with Gasteiger partial charge in [-0.05, 0) is 30.7 Å². The van der Waals surface area contributed by atoms with Crippen LogP contribution in [0.1, 0.15) is 12.5 Å². The Kier molecular flexibility index (Phi) is 6.42. The molecule has 3 aromatic rings. The summed E-state index contributed by atoms with van der Waals surface area (Å²) in [6, 6.07) is 11.7. The predicted molar refractivity (Wildman–Crippen MR) is 113 cm³/mol. The van der Waals surface area contributed by atoms with E-state index in [0.717, 1.165) is 11.8 Å². The first-order valence-corrected chi connectivity index (χ1v) is 9.78. The van der Waals surface area contributed by atoms with E-state index in [1.807, 2.05) is 6.07 Å². The van der Waals surface area contributed by atoms with Crippen molar-refractivity contribution in [3.05, 3.63) is 64.5 Å². The maximum Gasteiger partial charge on any atom is 0.293 e. The second kappa shape index (κ2) is 9.18. The molecular weight excluding hydrogens is 408 g/mol. The molecule has 10 nitrogen and oxygen atoms in total. The standard InChI is InChI=1S/C19H18N6O4S/c1-12-5-3-8-16(25(28)29)18(12)22-17(27)10-30-19-23-20-11-24(19)15-7-4-6-14(9-15)21-13(2)26/h3-9,11H,10H2,1-2H3,(H,21,26)(H,22,27). The molecule has 0 bridgehead atoms. The summed E-state index contributed by atoms with van der Waals surface area (Å²) < 4.78 is 1.68. The Morgan fingerprint density at radius 2 is 1.97 bits per heavy atom. The molecule has 2 amide bonds. The van der Waals surface area contributed by atoms with Crippen LogP contribution in [-0.2, 0) is 9.59 Å². The van der Waals surface area contributed by atoms with E-state index in [4.69, 9.17) is 0 Å². The smallest absolute Gasteiger partial charge is 0.293 e. The summed E-state index contributed by atoms with van der Waals surface area (Å²) in [6.07, 6.45) is 1.50. The van der Waals surface area contributed by atoms with Crippen molar-refractivity contribution in [2.24, 2.45) is 0 Å². The third kappa shape index (κ3) is 5.00. The fourth-order valence-corrected chi connectivity index (χ4v) is 3.44. The van der Waals surface area contributed by atoms with Gasteiger partial charge in [0.2, 0.25) is 11.8 Å². The fraction of sp³-hybridized carbons (Fsp3) is 0.158. The van der Waals surface area contributed by atoms with Crippen LogP contribution in [0.2, 0.25) is 0 Å². The van der Waals surface area contributed by atoms with Crippen molar-refractivity contribution in [3.63, 3.8) is 0 Å². The van der Waals surface area contributed by atoms with Crippen LogP contribution in [0.3, 0.4) is 0 Å². The third-order valence-corrected chi connectivity index (χ3v) is 4.95. The molecule has 0 radical (unpaired) electrons. The molecule has 30 heavy (non-hydrogen) atoms. The van der Waals surface area contributed by atoms with Crippen molar-refractivity contribution in [1.82, 2.24) is 14.8 Å². The molecule has 3 rings (SSSR count). The molecular formula is C19H18N6O4S. The van der Waals surface area contributed by atoms with Crippen LogP contribution in [0, 0.1) is 17.0 Å². The molecule has 0 aliphatic rings. The number of thioether (sulfide) groups is 1. The Morgan fingerprint density at radius 3 is 2.70 bits per heavy atom. The van der Waals surface area contributed by atoms with Crippen LogP contribution in [0.4, 0.5) is 17.1 Å². The Hall–Kier alpha value is -3.73. The summed E-state index contributed by atoms with van der Waals surface area (Å²) in [4.78, 5) is 34.3. The molecule has 0 spiro atoms. The van der Waals surface area contributed by atoms with Crippen LogP contribution in [0.15, 0.2) is 53.9 Å². The monoisotopic (exact) mass is 426 g/mol. The minimum Gasteiger partial charge on any atom is -0.326 e. The number of para-hydroxylation sites is 1. The normalized spacial score (nSPS) is 10.5. The number of hydrogen-bond acceptors (Lipinski definition) is 7. The van der Waals surface area contributed by atoms with E-state index in [1.165, 1.54) is 19.3 Å². The highest BCUT2D eigenvalue weighted by atomic mass is 32.2. The van der Waals surface area contributed by atoms with Gasteiger partial charge in [0.15, 0.2) is 5.16 Å². The van der Waals surface area contributed by atoms with Gasteiger partial charge in [0.25, 0.3) is 5.69 Å². The van der Waals surface area contributed by atoms with Gasteiger partial charge in [-0.2, -0.15) is 0 Å². The van der Waals surface area contributed by atoms with Crippen LogP contribution in [-0.4, -0.2) is 37.3 Å². The van der Waals surface area contributed by atoms with Crippen molar-refractivity contribution in [1.29, 1.82) is 0 Å². The van der Waals surface area contributed by atoms with Crippen LogP contribution >= 0.6 is 11.8 Å². The van der Waals surface area contributed by atoms with Gasteiger partial charge >= 0.3 is 0 Å². The summed E-state index contributed by atoms with van der Waals surface area (Å²) in [6.45, 7) is 3.11. The van der Waals surface area contributed by atoms with Gasteiger partial charge in [0.05, 0.1) is 16.4 Å². The molecule has 1 heterocycles.